The smallest absolute Gasteiger partial charge is 0.307 e. The summed E-state index contributed by atoms with van der Waals surface area (Å²) in [6.45, 7) is 4.96. The Morgan fingerprint density at radius 3 is 2.45 bits per heavy atom. The molecule has 3 rings (SSSR count). The van der Waals surface area contributed by atoms with E-state index in [0.29, 0.717) is 18.8 Å². The van der Waals surface area contributed by atoms with E-state index in [4.69, 9.17) is 9.52 Å². The van der Waals surface area contributed by atoms with E-state index in [9.17, 15) is 9.59 Å². The molecule has 1 aromatic heterocycles. The Hall–Kier alpha value is -1.78. The van der Waals surface area contributed by atoms with Gasteiger partial charge in [-0.1, -0.05) is 0 Å². The number of rotatable bonds is 2. The van der Waals surface area contributed by atoms with Crippen molar-refractivity contribution in [2.24, 2.45) is 11.3 Å². The van der Waals surface area contributed by atoms with E-state index in [1.165, 1.54) is 0 Å². The van der Waals surface area contributed by atoms with Gasteiger partial charge in [-0.2, -0.15) is 0 Å². The molecule has 0 aromatic carbocycles. The molecule has 108 valence electrons. The minimum absolute atomic E-state index is 0.0449. The molecule has 1 saturated heterocycles. The predicted octanol–water partition coefficient (Wildman–Crippen LogP) is 2.22. The lowest BCUT2D eigenvalue weighted by molar-refractivity contribution is -0.139. The van der Waals surface area contributed by atoms with Gasteiger partial charge >= 0.3 is 5.97 Å². The maximum absolute atomic E-state index is 12.4. The molecule has 1 N–H and O–H groups in total. The first-order valence-corrected chi connectivity index (χ1v) is 7.02. The van der Waals surface area contributed by atoms with Crippen molar-refractivity contribution in [3.63, 3.8) is 0 Å². The van der Waals surface area contributed by atoms with Crippen molar-refractivity contribution in [3.8, 4) is 0 Å². The van der Waals surface area contributed by atoms with Crippen molar-refractivity contribution in [1.82, 2.24) is 4.90 Å². The molecule has 1 aliphatic heterocycles. The molecule has 2 aliphatic rings. The minimum atomic E-state index is -0.692. The first-order valence-electron chi connectivity index (χ1n) is 7.02. The van der Waals surface area contributed by atoms with Crippen molar-refractivity contribution in [1.29, 1.82) is 0 Å². The number of amides is 1. The zero-order chi connectivity index (χ0) is 14.5. The fourth-order valence-corrected chi connectivity index (χ4v) is 3.40. The molecule has 5 nitrogen and oxygen atoms in total. The van der Waals surface area contributed by atoms with E-state index in [-0.39, 0.29) is 17.2 Å². The molecule has 1 spiro atoms. The molecule has 20 heavy (non-hydrogen) atoms. The summed E-state index contributed by atoms with van der Waals surface area (Å²) in [5.74, 6) is 0.198. The lowest BCUT2D eigenvalue weighted by Gasteiger charge is -2.32. The third-order valence-electron chi connectivity index (χ3n) is 4.77. The Balaban J connectivity index is 1.66. The lowest BCUT2D eigenvalue weighted by Crippen LogP contribution is -2.40. The number of nitrogens with zero attached hydrogens (tertiary/aromatic N) is 1. The highest BCUT2D eigenvalue weighted by Gasteiger charge is 2.59. The van der Waals surface area contributed by atoms with Crippen LogP contribution < -0.4 is 0 Å². The number of carboxylic acid groups (broad SMARTS) is 1. The summed E-state index contributed by atoms with van der Waals surface area (Å²) in [7, 11) is 0. The second-order valence-electron chi connectivity index (χ2n) is 6.12. The Morgan fingerprint density at radius 1 is 1.35 bits per heavy atom. The molecule has 1 atom stereocenters. The van der Waals surface area contributed by atoms with Gasteiger partial charge in [-0.3, -0.25) is 9.59 Å². The van der Waals surface area contributed by atoms with Gasteiger partial charge in [0.05, 0.1) is 5.92 Å². The molecule has 1 aliphatic carbocycles. The molecule has 5 heteroatoms. The van der Waals surface area contributed by atoms with Crippen molar-refractivity contribution in [2.45, 2.75) is 33.1 Å². The zero-order valence-corrected chi connectivity index (χ0v) is 11.8. The van der Waals surface area contributed by atoms with Crippen LogP contribution in [0.25, 0.3) is 0 Å². The van der Waals surface area contributed by atoms with E-state index in [2.05, 4.69) is 0 Å². The maximum atomic E-state index is 12.4. The quantitative estimate of drug-likeness (QED) is 0.899. The van der Waals surface area contributed by atoms with Crippen LogP contribution in [0.4, 0.5) is 0 Å². The number of aryl methyl sites for hydroxylation is 2. The largest absolute Gasteiger partial charge is 0.481 e. The number of likely N-dealkylation sites (tertiary alicyclic amines) is 1. The van der Waals surface area contributed by atoms with E-state index in [0.717, 1.165) is 30.6 Å². The predicted molar refractivity (Wildman–Crippen MR) is 71.5 cm³/mol. The lowest BCUT2D eigenvalue weighted by atomic mass is 9.90. The molecule has 0 radical (unpaired) electrons. The fourth-order valence-electron chi connectivity index (χ4n) is 3.40. The first-order chi connectivity index (χ1) is 9.43. The van der Waals surface area contributed by atoms with Crippen molar-refractivity contribution in [3.05, 3.63) is 23.2 Å². The van der Waals surface area contributed by atoms with Gasteiger partial charge in [-0.15, -0.1) is 0 Å². The highest BCUT2D eigenvalue weighted by atomic mass is 16.4. The van der Waals surface area contributed by atoms with Crippen LogP contribution in [-0.4, -0.2) is 35.0 Å². The molecular weight excluding hydrogens is 258 g/mol. The van der Waals surface area contributed by atoms with Crippen LogP contribution in [0.2, 0.25) is 0 Å². The SMILES string of the molecule is Cc1cc(C)c(C(=O)N2CCC3(CC2)C[C@H]3C(=O)O)o1. The van der Waals surface area contributed by atoms with Crippen LogP contribution >= 0.6 is 0 Å². The Morgan fingerprint density at radius 2 is 2.00 bits per heavy atom. The van der Waals surface area contributed by atoms with Gasteiger partial charge in [0, 0.05) is 18.7 Å². The van der Waals surface area contributed by atoms with E-state index >= 15 is 0 Å². The van der Waals surface area contributed by atoms with Gasteiger partial charge in [0.25, 0.3) is 5.91 Å². The van der Waals surface area contributed by atoms with Crippen LogP contribution in [-0.2, 0) is 4.79 Å². The standard InChI is InChI=1S/C15H19NO4/c1-9-7-10(2)20-12(9)13(17)16-5-3-15(4-6-16)8-11(15)14(18)19/h7,11H,3-6,8H2,1-2H3,(H,18,19)/t11-/m0/s1. The number of carbonyl (C=O) groups excluding carboxylic acids is 1. The van der Waals surface area contributed by atoms with Crippen molar-refractivity contribution >= 4 is 11.9 Å². The summed E-state index contributed by atoms with van der Waals surface area (Å²) >= 11 is 0. The second-order valence-corrected chi connectivity index (χ2v) is 6.12. The second kappa shape index (κ2) is 4.36. The molecule has 1 amide bonds. The molecular formula is C15H19NO4. The Kier molecular flexibility index (Phi) is 2.88. The van der Waals surface area contributed by atoms with Crippen LogP contribution in [0.5, 0.6) is 0 Å². The third-order valence-corrected chi connectivity index (χ3v) is 4.77. The Labute approximate surface area is 117 Å². The molecule has 2 fully saturated rings. The first kappa shape index (κ1) is 13.2. The van der Waals surface area contributed by atoms with Crippen LogP contribution in [0.1, 0.15) is 41.1 Å². The van der Waals surface area contributed by atoms with Crippen LogP contribution in [0.3, 0.4) is 0 Å². The van der Waals surface area contributed by atoms with E-state index in [1.54, 1.807) is 4.90 Å². The van der Waals surface area contributed by atoms with Crippen molar-refractivity contribution < 1.29 is 19.1 Å². The maximum Gasteiger partial charge on any atom is 0.307 e. The molecule has 2 heterocycles. The number of carbonyl (C=O) groups is 2. The van der Waals surface area contributed by atoms with Crippen LogP contribution in [0, 0.1) is 25.2 Å². The minimum Gasteiger partial charge on any atom is -0.481 e. The van der Waals surface area contributed by atoms with E-state index in [1.807, 2.05) is 19.9 Å². The fraction of sp³-hybridized carbons (Fsp3) is 0.600. The summed E-state index contributed by atoms with van der Waals surface area (Å²) in [5.41, 5.74) is 0.819. The summed E-state index contributed by atoms with van der Waals surface area (Å²) in [5, 5.41) is 9.07. The number of carboxylic acids is 1. The number of aliphatic carboxylic acids is 1. The molecule has 0 unspecified atom stereocenters. The number of hydrogen-bond acceptors (Lipinski definition) is 3. The van der Waals surface area contributed by atoms with Gasteiger partial charge in [-0.25, -0.2) is 0 Å². The van der Waals surface area contributed by atoms with E-state index < -0.39 is 5.97 Å². The number of hydrogen-bond donors (Lipinski definition) is 1. The normalized spacial score (nSPS) is 23.9. The van der Waals surface area contributed by atoms with Gasteiger partial charge in [0.1, 0.15) is 5.76 Å². The topological polar surface area (TPSA) is 70.8 Å². The summed E-state index contributed by atoms with van der Waals surface area (Å²) < 4.78 is 5.47. The van der Waals surface area contributed by atoms with Gasteiger partial charge in [-0.05, 0) is 44.6 Å². The summed E-state index contributed by atoms with van der Waals surface area (Å²) in [6.07, 6.45) is 2.34. The average molecular weight is 277 g/mol. The highest BCUT2D eigenvalue weighted by Crippen LogP contribution is 2.59. The monoisotopic (exact) mass is 277 g/mol. The molecule has 1 aromatic rings. The molecule has 0 bridgehead atoms. The molecule has 1 saturated carbocycles. The number of furan rings is 1. The summed E-state index contributed by atoms with van der Waals surface area (Å²) in [6, 6.07) is 1.86. The van der Waals surface area contributed by atoms with Gasteiger partial charge in [0.2, 0.25) is 0 Å². The van der Waals surface area contributed by atoms with Gasteiger partial charge in [0.15, 0.2) is 5.76 Å². The number of piperidine rings is 1. The highest BCUT2D eigenvalue weighted by molar-refractivity contribution is 5.93. The zero-order valence-electron chi connectivity index (χ0n) is 11.8. The van der Waals surface area contributed by atoms with Crippen LogP contribution in [0.15, 0.2) is 10.5 Å². The van der Waals surface area contributed by atoms with Crippen molar-refractivity contribution in [2.75, 3.05) is 13.1 Å². The average Bonchev–Trinajstić information content (AvgIpc) is 2.99. The van der Waals surface area contributed by atoms with Gasteiger partial charge < -0.3 is 14.4 Å². The third kappa shape index (κ3) is 2.01. The Bertz CT molecular complexity index is 566. The summed E-state index contributed by atoms with van der Waals surface area (Å²) in [4.78, 5) is 25.2.